The SMILES string of the molecule is Cc1ccccc1/C=C1\CO[C@@]2(c3ccccc3)C=CC(=O)C[C@H]2c2ccccc21. The normalized spacial score (nSPS) is 24.2. The Bertz CT molecular complexity index is 1160. The second-order valence-electron chi connectivity index (χ2n) is 8.12. The van der Waals surface area contributed by atoms with Crippen molar-refractivity contribution in [3.63, 3.8) is 0 Å². The number of benzene rings is 3. The van der Waals surface area contributed by atoms with Crippen molar-refractivity contribution in [3.8, 4) is 0 Å². The Hall–Kier alpha value is -3.23. The van der Waals surface area contributed by atoms with E-state index in [1.807, 2.05) is 24.3 Å². The molecule has 0 bridgehead atoms. The zero-order valence-electron chi connectivity index (χ0n) is 17.0. The Kier molecular flexibility index (Phi) is 4.72. The molecule has 0 unspecified atom stereocenters. The Morgan fingerprint density at radius 1 is 0.933 bits per heavy atom. The second kappa shape index (κ2) is 7.55. The second-order valence-corrected chi connectivity index (χ2v) is 8.12. The smallest absolute Gasteiger partial charge is 0.156 e. The van der Waals surface area contributed by atoms with E-state index in [-0.39, 0.29) is 11.7 Å². The van der Waals surface area contributed by atoms with Gasteiger partial charge < -0.3 is 4.74 Å². The van der Waals surface area contributed by atoms with Gasteiger partial charge in [-0.05, 0) is 58.5 Å². The van der Waals surface area contributed by atoms with Crippen molar-refractivity contribution in [3.05, 3.63) is 119 Å². The molecule has 148 valence electrons. The topological polar surface area (TPSA) is 26.3 Å². The lowest BCUT2D eigenvalue weighted by Gasteiger charge is -2.39. The Labute approximate surface area is 177 Å². The van der Waals surface area contributed by atoms with Crippen LogP contribution < -0.4 is 0 Å². The third-order valence-electron chi connectivity index (χ3n) is 6.33. The highest BCUT2D eigenvalue weighted by atomic mass is 16.5. The number of rotatable bonds is 2. The van der Waals surface area contributed by atoms with Crippen LogP contribution in [-0.2, 0) is 15.1 Å². The molecule has 0 amide bonds. The predicted molar refractivity (Wildman–Crippen MR) is 121 cm³/mol. The summed E-state index contributed by atoms with van der Waals surface area (Å²) in [7, 11) is 0. The molecular formula is C28H24O2. The minimum atomic E-state index is -0.646. The Balaban J connectivity index is 1.72. The summed E-state index contributed by atoms with van der Waals surface area (Å²) >= 11 is 0. The summed E-state index contributed by atoms with van der Waals surface area (Å²) in [4.78, 5) is 12.5. The lowest BCUT2D eigenvalue weighted by atomic mass is 9.70. The predicted octanol–water partition coefficient (Wildman–Crippen LogP) is 6.07. The van der Waals surface area contributed by atoms with E-state index in [9.17, 15) is 4.79 Å². The number of carbonyl (C=O) groups excluding carboxylic acids is 1. The molecule has 1 aliphatic carbocycles. The molecule has 30 heavy (non-hydrogen) atoms. The first-order valence-electron chi connectivity index (χ1n) is 10.4. The fourth-order valence-corrected chi connectivity index (χ4v) is 4.75. The van der Waals surface area contributed by atoms with Crippen LogP contribution in [0.3, 0.4) is 0 Å². The number of fused-ring (bicyclic) bond motifs is 3. The highest BCUT2D eigenvalue weighted by Crippen LogP contribution is 2.50. The Morgan fingerprint density at radius 3 is 2.50 bits per heavy atom. The van der Waals surface area contributed by atoms with Crippen LogP contribution in [0.4, 0.5) is 0 Å². The van der Waals surface area contributed by atoms with Crippen molar-refractivity contribution in [2.45, 2.75) is 24.9 Å². The summed E-state index contributed by atoms with van der Waals surface area (Å²) in [6.45, 7) is 2.61. The van der Waals surface area contributed by atoms with Crippen LogP contribution in [0, 0.1) is 6.92 Å². The lowest BCUT2D eigenvalue weighted by molar-refractivity contribution is -0.118. The molecule has 0 saturated heterocycles. The number of ether oxygens (including phenoxy) is 1. The van der Waals surface area contributed by atoms with Gasteiger partial charge in [0.1, 0.15) is 5.60 Å². The van der Waals surface area contributed by atoms with Crippen molar-refractivity contribution in [1.82, 2.24) is 0 Å². The summed E-state index contributed by atoms with van der Waals surface area (Å²) in [6, 6.07) is 27.1. The largest absolute Gasteiger partial charge is 0.361 e. The van der Waals surface area contributed by atoms with Crippen LogP contribution in [0.5, 0.6) is 0 Å². The van der Waals surface area contributed by atoms with Crippen LogP contribution in [-0.4, -0.2) is 12.4 Å². The fourth-order valence-electron chi connectivity index (χ4n) is 4.75. The molecule has 0 fully saturated rings. The van der Waals surface area contributed by atoms with Crippen LogP contribution >= 0.6 is 0 Å². The van der Waals surface area contributed by atoms with Crippen LogP contribution in [0.2, 0.25) is 0 Å². The summed E-state index contributed by atoms with van der Waals surface area (Å²) in [5.74, 6) is 0.0904. The maximum atomic E-state index is 12.5. The van der Waals surface area contributed by atoms with Gasteiger partial charge in [-0.3, -0.25) is 4.79 Å². The first-order valence-corrected chi connectivity index (χ1v) is 10.4. The van der Waals surface area contributed by atoms with Crippen molar-refractivity contribution < 1.29 is 9.53 Å². The Morgan fingerprint density at radius 2 is 1.67 bits per heavy atom. The van der Waals surface area contributed by atoms with E-state index in [2.05, 4.69) is 73.7 Å². The van der Waals surface area contributed by atoms with Crippen molar-refractivity contribution in [1.29, 1.82) is 0 Å². The molecule has 2 atom stereocenters. The molecule has 0 radical (unpaired) electrons. The molecule has 2 heteroatoms. The molecule has 0 spiro atoms. The molecule has 2 nitrogen and oxygen atoms in total. The minimum absolute atomic E-state index is 0.0589. The molecule has 5 rings (SSSR count). The number of ketones is 1. The average Bonchev–Trinajstić information content (AvgIpc) is 2.92. The van der Waals surface area contributed by atoms with Crippen molar-refractivity contribution in [2.75, 3.05) is 6.61 Å². The first-order chi connectivity index (χ1) is 14.7. The van der Waals surface area contributed by atoms with Crippen LogP contribution in [0.1, 0.15) is 40.2 Å². The van der Waals surface area contributed by atoms with Crippen molar-refractivity contribution >= 4 is 17.4 Å². The van der Waals surface area contributed by atoms with E-state index >= 15 is 0 Å². The maximum absolute atomic E-state index is 12.5. The third-order valence-corrected chi connectivity index (χ3v) is 6.33. The van der Waals surface area contributed by atoms with Crippen LogP contribution in [0.15, 0.2) is 91.0 Å². The molecule has 0 saturated carbocycles. The zero-order chi connectivity index (χ0) is 20.6. The van der Waals surface area contributed by atoms with Gasteiger partial charge in [0, 0.05) is 12.3 Å². The lowest BCUT2D eigenvalue weighted by Crippen LogP contribution is -2.38. The molecule has 2 aliphatic rings. The van der Waals surface area contributed by atoms with E-state index in [1.165, 1.54) is 22.3 Å². The summed E-state index contributed by atoms with van der Waals surface area (Å²) in [5.41, 5.74) is 6.36. The third kappa shape index (κ3) is 3.14. The number of aryl methyl sites for hydroxylation is 1. The number of carbonyl (C=O) groups is 1. The van der Waals surface area contributed by atoms with Gasteiger partial charge in [0.25, 0.3) is 0 Å². The van der Waals surface area contributed by atoms with Gasteiger partial charge in [-0.15, -0.1) is 0 Å². The number of allylic oxidation sites excluding steroid dienone is 1. The molecule has 0 N–H and O–H groups in total. The van der Waals surface area contributed by atoms with Gasteiger partial charge in [0.05, 0.1) is 6.61 Å². The van der Waals surface area contributed by atoms with Gasteiger partial charge in [-0.25, -0.2) is 0 Å². The number of hydrogen-bond donors (Lipinski definition) is 0. The van der Waals surface area contributed by atoms with E-state index in [1.54, 1.807) is 6.08 Å². The van der Waals surface area contributed by atoms with Crippen molar-refractivity contribution in [2.24, 2.45) is 0 Å². The van der Waals surface area contributed by atoms with E-state index in [0.29, 0.717) is 13.0 Å². The molecule has 3 aromatic carbocycles. The highest BCUT2D eigenvalue weighted by molar-refractivity contribution is 5.93. The highest BCUT2D eigenvalue weighted by Gasteiger charge is 2.46. The first kappa shape index (κ1) is 18.8. The fraction of sp³-hybridized carbons (Fsp3) is 0.179. The monoisotopic (exact) mass is 392 g/mol. The molecular weight excluding hydrogens is 368 g/mol. The van der Waals surface area contributed by atoms with Crippen LogP contribution in [0.25, 0.3) is 11.6 Å². The summed E-state index contributed by atoms with van der Waals surface area (Å²) < 4.78 is 6.73. The summed E-state index contributed by atoms with van der Waals surface area (Å²) in [6.07, 6.45) is 6.35. The minimum Gasteiger partial charge on any atom is -0.361 e. The standard InChI is InChI=1S/C28H24O2/c1-20-9-5-6-10-21(20)17-22-19-30-28(23-11-3-2-4-12-23)16-15-24(29)18-27(28)26-14-8-7-13-25(22)26/h2-17,27H,18-19H2,1H3/b22-17+/t27-,28+/m0/s1. The van der Waals surface area contributed by atoms with Gasteiger partial charge in [0.2, 0.25) is 0 Å². The van der Waals surface area contributed by atoms with Gasteiger partial charge in [-0.2, -0.15) is 0 Å². The number of hydrogen-bond acceptors (Lipinski definition) is 2. The van der Waals surface area contributed by atoms with E-state index in [0.717, 1.165) is 11.1 Å². The quantitative estimate of drug-likeness (QED) is 0.529. The van der Waals surface area contributed by atoms with Gasteiger partial charge >= 0.3 is 0 Å². The van der Waals surface area contributed by atoms with Gasteiger partial charge in [0.15, 0.2) is 5.78 Å². The van der Waals surface area contributed by atoms with Gasteiger partial charge in [-0.1, -0.05) is 78.9 Å². The molecule has 1 aliphatic heterocycles. The molecule has 1 heterocycles. The zero-order valence-corrected chi connectivity index (χ0v) is 17.0. The van der Waals surface area contributed by atoms with E-state index < -0.39 is 5.60 Å². The molecule has 0 aromatic heterocycles. The van der Waals surface area contributed by atoms with E-state index in [4.69, 9.17) is 4.74 Å². The average molecular weight is 392 g/mol. The molecule has 3 aromatic rings. The summed E-state index contributed by atoms with van der Waals surface area (Å²) in [5, 5.41) is 0. The maximum Gasteiger partial charge on any atom is 0.156 e.